The number of nitrogens with zero attached hydrogens (tertiary/aromatic N) is 3. The number of nitro groups is 1. The summed E-state index contributed by atoms with van der Waals surface area (Å²) in [6, 6.07) is 7.74. The Bertz CT molecular complexity index is 892. The van der Waals surface area contributed by atoms with Crippen LogP contribution in [0.15, 0.2) is 28.8 Å². The number of Topliss-reactive ketones (excluding diaryl/α,β-unsaturated/α-hetero) is 1. The highest BCUT2D eigenvalue weighted by molar-refractivity contribution is 5.87. The summed E-state index contributed by atoms with van der Waals surface area (Å²) in [5.74, 6) is -1.46. The third-order valence-electron chi connectivity index (χ3n) is 5.38. The van der Waals surface area contributed by atoms with Crippen molar-refractivity contribution in [3.8, 4) is 11.4 Å². The van der Waals surface area contributed by atoms with E-state index in [0.717, 1.165) is 12.0 Å². The summed E-state index contributed by atoms with van der Waals surface area (Å²) in [4.78, 5) is 38.9. The molecule has 1 saturated carbocycles. The molecule has 3 rings (SSSR count). The van der Waals surface area contributed by atoms with E-state index in [4.69, 9.17) is 9.26 Å². The zero-order valence-electron chi connectivity index (χ0n) is 16.4. The SMILES string of the molecule is CCc1ccc(-c2noc(COC(=O)C[C@@H]3C(=O)C[C@@H](C)[C@@H]3C[N+](=O)[O-])n2)cc1. The molecule has 3 atom stereocenters. The van der Waals surface area contributed by atoms with Crippen molar-refractivity contribution >= 4 is 11.8 Å². The number of rotatable bonds is 8. The van der Waals surface area contributed by atoms with Gasteiger partial charge in [-0.25, -0.2) is 0 Å². The molecule has 0 bridgehead atoms. The molecule has 0 spiro atoms. The average molecular weight is 401 g/mol. The fourth-order valence-corrected chi connectivity index (χ4v) is 3.70. The lowest BCUT2D eigenvalue weighted by molar-refractivity contribution is -0.490. The third-order valence-corrected chi connectivity index (χ3v) is 5.38. The van der Waals surface area contributed by atoms with Crippen LogP contribution >= 0.6 is 0 Å². The molecule has 9 nitrogen and oxygen atoms in total. The van der Waals surface area contributed by atoms with Crippen LogP contribution in [0.3, 0.4) is 0 Å². The number of hydrogen-bond acceptors (Lipinski definition) is 8. The van der Waals surface area contributed by atoms with E-state index in [1.54, 1.807) is 6.92 Å². The van der Waals surface area contributed by atoms with E-state index in [2.05, 4.69) is 17.1 Å². The lowest BCUT2D eigenvalue weighted by atomic mass is 9.88. The highest BCUT2D eigenvalue weighted by Crippen LogP contribution is 2.36. The minimum atomic E-state index is -0.682. The topological polar surface area (TPSA) is 125 Å². The van der Waals surface area contributed by atoms with Crippen molar-refractivity contribution in [3.05, 3.63) is 45.8 Å². The summed E-state index contributed by atoms with van der Waals surface area (Å²) >= 11 is 0. The summed E-state index contributed by atoms with van der Waals surface area (Å²) in [7, 11) is 0. The second-order valence-electron chi connectivity index (χ2n) is 7.36. The van der Waals surface area contributed by atoms with E-state index in [0.29, 0.717) is 5.82 Å². The summed E-state index contributed by atoms with van der Waals surface area (Å²) in [5, 5.41) is 14.7. The fourth-order valence-electron chi connectivity index (χ4n) is 3.70. The molecule has 1 aliphatic carbocycles. The van der Waals surface area contributed by atoms with Gasteiger partial charge in [0.1, 0.15) is 5.78 Å². The number of ether oxygens (including phenoxy) is 1. The first-order chi connectivity index (χ1) is 13.9. The number of carbonyl (C=O) groups is 2. The molecule has 0 amide bonds. The molecule has 0 radical (unpaired) electrons. The van der Waals surface area contributed by atoms with Crippen LogP contribution in [0.25, 0.3) is 11.4 Å². The Labute approximate surface area is 167 Å². The molecule has 2 aromatic rings. The molecule has 1 heterocycles. The molecule has 0 N–H and O–H groups in total. The van der Waals surface area contributed by atoms with E-state index in [-0.39, 0.29) is 43.6 Å². The van der Waals surface area contributed by atoms with Gasteiger partial charge in [-0.1, -0.05) is 43.3 Å². The van der Waals surface area contributed by atoms with Crippen molar-refractivity contribution in [1.82, 2.24) is 10.1 Å². The van der Waals surface area contributed by atoms with Crippen LogP contribution in [-0.4, -0.2) is 33.4 Å². The Balaban J connectivity index is 1.56. The van der Waals surface area contributed by atoms with Crippen molar-refractivity contribution in [2.24, 2.45) is 17.8 Å². The van der Waals surface area contributed by atoms with E-state index in [1.165, 1.54) is 5.56 Å². The highest BCUT2D eigenvalue weighted by atomic mass is 16.6. The Morgan fingerprint density at radius 3 is 2.72 bits per heavy atom. The van der Waals surface area contributed by atoms with Gasteiger partial charge in [0.25, 0.3) is 5.89 Å². The molecule has 29 heavy (non-hydrogen) atoms. The predicted octanol–water partition coefficient (Wildman–Crippen LogP) is 2.85. The maximum Gasteiger partial charge on any atom is 0.307 e. The molecular weight excluding hydrogens is 378 g/mol. The number of esters is 1. The van der Waals surface area contributed by atoms with Gasteiger partial charge in [-0.2, -0.15) is 4.98 Å². The molecule has 0 unspecified atom stereocenters. The average Bonchev–Trinajstić information content (AvgIpc) is 3.26. The van der Waals surface area contributed by atoms with Gasteiger partial charge < -0.3 is 9.26 Å². The fraction of sp³-hybridized carbons (Fsp3) is 0.500. The van der Waals surface area contributed by atoms with Crippen LogP contribution < -0.4 is 0 Å². The normalized spacial score (nSPS) is 21.3. The van der Waals surface area contributed by atoms with Gasteiger partial charge in [0.2, 0.25) is 12.4 Å². The van der Waals surface area contributed by atoms with Gasteiger partial charge in [-0.15, -0.1) is 0 Å². The summed E-state index contributed by atoms with van der Waals surface area (Å²) in [6.45, 7) is 3.32. The minimum Gasteiger partial charge on any atom is -0.456 e. The Kier molecular flexibility index (Phi) is 6.36. The van der Waals surface area contributed by atoms with Crippen molar-refractivity contribution in [2.75, 3.05) is 6.54 Å². The van der Waals surface area contributed by atoms with E-state index in [9.17, 15) is 19.7 Å². The Hall–Kier alpha value is -3.10. The molecule has 9 heteroatoms. The number of hydrogen-bond donors (Lipinski definition) is 0. The van der Waals surface area contributed by atoms with Crippen LogP contribution in [0, 0.1) is 27.9 Å². The molecule has 1 aromatic heterocycles. The lowest BCUT2D eigenvalue weighted by Crippen LogP contribution is -2.27. The summed E-state index contributed by atoms with van der Waals surface area (Å²) in [5.41, 5.74) is 1.98. The molecule has 1 aromatic carbocycles. The standard InChI is InChI=1S/C20H23N3O6/c1-3-13-4-6-14(7-5-13)20-21-18(29-22-20)11-28-19(25)9-15-16(10-23(26)27)12(2)8-17(15)24/h4-7,12,15-16H,3,8-11H2,1-2H3/t12-,15+,16+/m1/s1. The first-order valence-corrected chi connectivity index (χ1v) is 9.59. The maximum absolute atomic E-state index is 12.2. The van der Waals surface area contributed by atoms with Crippen molar-refractivity contribution in [1.29, 1.82) is 0 Å². The van der Waals surface area contributed by atoms with Crippen LogP contribution in [0.5, 0.6) is 0 Å². The van der Waals surface area contributed by atoms with Crippen molar-refractivity contribution in [3.63, 3.8) is 0 Å². The highest BCUT2D eigenvalue weighted by Gasteiger charge is 2.44. The maximum atomic E-state index is 12.2. The summed E-state index contributed by atoms with van der Waals surface area (Å²) < 4.78 is 10.3. The molecule has 154 valence electrons. The molecule has 1 fully saturated rings. The van der Waals surface area contributed by atoms with Gasteiger partial charge in [-0.3, -0.25) is 19.7 Å². The van der Waals surface area contributed by atoms with Crippen LogP contribution in [0.2, 0.25) is 0 Å². The van der Waals surface area contributed by atoms with Gasteiger partial charge in [-0.05, 0) is 17.9 Å². The number of aromatic nitrogens is 2. The number of carbonyl (C=O) groups excluding carboxylic acids is 2. The second kappa shape index (κ2) is 8.93. The zero-order valence-corrected chi connectivity index (χ0v) is 16.4. The minimum absolute atomic E-state index is 0.122. The monoisotopic (exact) mass is 401 g/mol. The first kappa shape index (κ1) is 20.6. The van der Waals surface area contributed by atoms with Crippen LogP contribution in [-0.2, 0) is 27.4 Å². The molecule has 1 aliphatic rings. The number of ketones is 1. The van der Waals surface area contributed by atoms with Crippen molar-refractivity contribution in [2.45, 2.75) is 39.7 Å². The number of aryl methyl sites for hydroxylation is 1. The quantitative estimate of drug-likeness (QED) is 0.375. The Morgan fingerprint density at radius 1 is 1.34 bits per heavy atom. The lowest BCUT2D eigenvalue weighted by Gasteiger charge is -2.16. The Morgan fingerprint density at radius 2 is 2.07 bits per heavy atom. The van der Waals surface area contributed by atoms with Crippen LogP contribution in [0.4, 0.5) is 0 Å². The number of benzene rings is 1. The van der Waals surface area contributed by atoms with Gasteiger partial charge in [0.05, 0.1) is 6.42 Å². The smallest absolute Gasteiger partial charge is 0.307 e. The molecular formula is C20H23N3O6. The van der Waals surface area contributed by atoms with Gasteiger partial charge >= 0.3 is 5.97 Å². The molecule has 0 saturated heterocycles. The molecule has 0 aliphatic heterocycles. The zero-order chi connectivity index (χ0) is 21.0. The summed E-state index contributed by atoms with van der Waals surface area (Å²) in [6.07, 6.45) is 1.000. The largest absolute Gasteiger partial charge is 0.456 e. The van der Waals surface area contributed by atoms with E-state index < -0.39 is 22.7 Å². The van der Waals surface area contributed by atoms with Gasteiger partial charge in [0.15, 0.2) is 6.61 Å². The van der Waals surface area contributed by atoms with E-state index in [1.807, 2.05) is 24.3 Å². The third kappa shape index (κ3) is 5.04. The predicted molar refractivity (Wildman–Crippen MR) is 101 cm³/mol. The van der Waals surface area contributed by atoms with E-state index >= 15 is 0 Å². The first-order valence-electron chi connectivity index (χ1n) is 9.59. The second-order valence-corrected chi connectivity index (χ2v) is 7.36. The van der Waals surface area contributed by atoms with Gasteiger partial charge in [0, 0.05) is 28.7 Å². The van der Waals surface area contributed by atoms with Crippen molar-refractivity contribution < 1.29 is 23.8 Å². The van der Waals surface area contributed by atoms with Crippen LogP contribution in [0.1, 0.15) is 38.1 Å².